The summed E-state index contributed by atoms with van der Waals surface area (Å²) in [5.41, 5.74) is 6.01. The molecule has 0 aliphatic heterocycles. The zero-order chi connectivity index (χ0) is 18.4. The first-order chi connectivity index (χ1) is 11.9. The Bertz CT molecular complexity index is 771. The Labute approximate surface area is 144 Å². The van der Waals surface area contributed by atoms with Crippen molar-refractivity contribution in [1.29, 1.82) is 0 Å². The van der Waals surface area contributed by atoms with E-state index in [-0.39, 0.29) is 11.3 Å². The molecule has 1 aromatic carbocycles. The van der Waals surface area contributed by atoms with Crippen molar-refractivity contribution in [2.45, 2.75) is 19.9 Å². The quantitative estimate of drug-likeness (QED) is 0.702. The van der Waals surface area contributed by atoms with Crippen LogP contribution in [0.15, 0.2) is 41.2 Å². The number of anilines is 1. The zero-order valence-electron chi connectivity index (χ0n) is 13.9. The van der Waals surface area contributed by atoms with E-state index < -0.39 is 23.8 Å². The van der Waals surface area contributed by atoms with Crippen molar-refractivity contribution in [3.05, 3.63) is 47.9 Å². The lowest BCUT2D eigenvalue weighted by molar-refractivity contribution is -0.117. The van der Waals surface area contributed by atoms with Crippen LogP contribution in [-0.4, -0.2) is 30.4 Å². The highest BCUT2D eigenvalue weighted by atomic mass is 16.5. The van der Waals surface area contributed by atoms with Crippen molar-refractivity contribution in [1.82, 2.24) is 5.32 Å². The fourth-order valence-corrected chi connectivity index (χ4v) is 2.07. The molecule has 0 fully saturated rings. The lowest BCUT2D eigenvalue weighted by Crippen LogP contribution is -2.41. The third-order valence-corrected chi connectivity index (χ3v) is 3.35. The minimum absolute atomic E-state index is 0.118. The van der Waals surface area contributed by atoms with Gasteiger partial charge in [0, 0.05) is 0 Å². The van der Waals surface area contributed by atoms with Crippen LogP contribution in [0.3, 0.4) is 0 Å². The molecule has 0 aliphatic rings. The lowest BCUT2D eigenvalue weighted by Gasteiger charge is -2.15. The van der Waals surface area contributed by atoms with Gasteiger partial charge in [-0.2, -0.15) is 0 Å². The van der Waals surface area contributed by atoms with E-state index in [1.54, 1.807) is 6.07 Å². The monoisotopic (exact) mass is 345 g/mol. The van der Waals surface area contributed by atoms with Crippen LogP contribution in [0.1, 0.15) is 34.6 Å². The van der Waals surface area contributed by atoms with Crippen molar-refractivity contribution in [2.75, 3.05) is 11.9 Å². The van der Waals surface area contributed by atoms with Crippen LogP contribution >= 0.6 is 0 Å². The Balaban J connectivity index is 2.08. The number of primary amides is 1. The summed E-state index contributed by atoms with van der Waals surface area (Å²) in [5, 5.41) is 5.11. The van der Waals surface area contributed by atoms with E-state index in [0.717, 1.165) is 0 Å². The van der Waals surface area contributed by atoms with Crippen LogP contribution in [-0.2, 0) is 4.79 Å². The second kappa shape index (κ2) is 8.00. The summed E-state index contributed by atoms with van der Waals surface area (Å²) in [6.07, 6.45) is 2.64. The van der Waals surface area contributed by atoms with Crippen LogP contribution < -0.4 is 21.1 Å². The standard InChI is InChI=1S/C17H19N3O5/c1-3-25-12-4-5-14(13(8-12)15(18)21)20-16(22)10(2)19-17(23)11-6-7-24-9-11/h4-10H,3H2,1-2H3,(H2,18,21)(H,19,23)(H,20,22). The summed E-state index contributed by atoms with van der Waals surface area (Å²) in [6, 6.07) is 5.23. The first kappa shape index (κ1) is 18.1. The molecule has 0 spiro atoms. The van der Waals surface area contributed by atoms with Gasteiger partial charge in [-0.1, -0.05) is 0 Å². The van der Waals surface area contributed by atoms with Crippen molar-refractivity contribution >= 4 is 23.4 Å². The topological polar surface area (TPSA) is 124 Å². The summed E-state index contributed by atoms with van der Waals surface area (Å²) in [7, 11) is 0. The summed E-state index contributed by atoms with van der Waals surface area (Å²) in [6.45, 7) is 3.76. The average molecular weight is 345 g/mol. The third-order valence-electron chi connectivity index (χ3n) is 3.35. The summed E-state index contributed by atoms with van der Waals surface area (Å²) >= 11 is 0. The second-order valence-electron chi connectivity index (χ2n) is 5.20. The maximum atomic E-state index is 12.3. The van der Waals surface area contributed by atoms with Gasteiger partial charge in [0.1, 0.15) is 18.1 Å². The van der Waals surface area contributed by atoms with E-state index in [4.69, 9.17) is 14.9 Å². The van der Waals surface area contributed by atoms with Gasteiger partial charge < -0.3 is 25.5 Å². The molecule has 4 N–H and O–H groups in total. The van der Waals surface area contributed by atoms with Gasteiger partial charge in [-0.15, -0.1) is 0 Å². The van der Waals surface area contributed by atoms with Gasteiger partial charge in [0.05, 0.1) is 29.7 Å². The minimum atomic E-state index is -0.838. The molecule has 3 amide bonds. The van der Waals surface area contributed by atoms with Crippen LogP contribution in [0.2, 0.25) is 0 Å². The number of nitrogens with one attached hydrogen (secondary N) is 2. The highest BCUT2D eigenvalue weighted by Crippen LogP contribution is 2.22. The molecule has 1 heterocycles. The molecule has 1 atom stereocenters. The van der Waals surface area contributed by atoms with Crippen LogP contribution in [0.4, 0.5) is 5.69 Å². The van der Waals surface area contributed by atoms with Gasteiger partial charge >= 0.3 is 0 Å². The number of ether oxygens (including phenoxy) is 1. The van der Waals surface area contributed by atoms with Gasteiger partial charge in [-0.3, -0.25) is 14.4 Å². The highest BCUT2D eigenvalue weighted by molar-refractivity contribution is 6.05. The van der Waals surface area contributed by atoms with Gasteiger partial charge in [-0.25, -0.2) is 0 Å². The van der Waals surface area contributed by atoms with Crippen molar-refractivity contribution in [3.63, 3.8) is 0 Å². The first-order valence-corrected chi connectivity index (χ1v) is 7.63. The molecule has 1 aromatic heterocycles. The number of furan rings is 1. The Hall–Kier alpha value is -3.29. The molecule has 0 saturated heterocycles. The maximum absolute atomic E-state index is 12.3. The van der Waals surface area contributed by atoms with Gasteiger partial charge in [-0.05, 0) is 38.1 Å². The Kier molecular flexibility index (Phi) is 5.78. The smallest absolute Gasteiger partial charge is 0.255 e. The van der Waals surface area contributed by atoms with Gasteiger partial charge in [0.25, 0.3) is 11.8 Å². The van der Waals surface area contributed by atoms with Crippen LogP contribution in [0, 0.1) is 0 Å². The molecule has 2 rings (SSSR count). The van der Waals surface area contributed by atoms with E-state index in [0.29, 0.717) is 17.9 Å². The van der Waals surface area contributed by atoms with Crippen LogP contribution in [0.25, 0.3) is 0 Å². The maximum Gasteiger partial charge on any atom is 0.255 e. The van der Waals surface area contributed by atoms with Crippen molar-refractivity contribution < 1.29 is 23.5 Å². The van der Waals surface area contributed by atoms with E-state index in [1.165, 1.54) is 37.6 Å². The fourth-order valence-electron chi connectivity index (χ4n) is 2.07. The average Bonchev–Trinajstić information content (AvgIpc) is 3.10. The molecule has 8 nitrogen and oxygen atoms in total. The van der Waals surface area contributed by atoms with Gasteiger partial charge in [0.2, 0.25) is 5.91 Å². The Morgan fingerprint density at radius 3 is 2.64 bits per heavy atom. The minimum Gasteiger partial charge on any atom is -0.494 e. The Morgan fingerprint density at radius 2 is 2.04 bits per heavy atom. The molecule has 0 radical (unpaired) electrons. The second-order valence-corrected chi connectivity index (χ2v) is 5.20. The highest BCUT2D eigenvalue weighted by Gasteiger charge is 2.19. The molecule has 0 aliphatic carbocycles. The van der Waals surface area contributed by atoms with Gasteiger partial charge in [0.15, 0.2) is 0 Å². The number of carbonyl (C=O) groups excluding carboxylic acids is 3. The molecular weight excluding hydrogens is 326 g/mol. The number of hydrogen-bond acceptors (Lipinski definition) is 5. The van der Waals surface area contributed by atoms with Crippen molar-refractivity contribution in [3.8, 4) is 5.75 Å². The summed E-state index contributed by atoms with van der Waals surface area (Å²) < 4.78 is 10.1. The summed E-state index contributed by atoms with van der Waals surface area (Å²) in [5.74, 6) is -1.18. The van der Waals surface area contributed by atoms with Crippen LogP contribution in [0.5, 0.6) is 5.75 Å². The molecule has 132 valence electrons. The SMILES string of the molecule is CCOc1ccc(NC(=O)C(C)NC(=O)c2ccoc2)c(C(N)=O)c1. The van der Waals surface area contributed by atoms with E-state index in [1.807, 2.05) is 6.92 Å². The molecular formula is C17H19N3O5. The van der Waals surface area contributed by atoms with Crippen molar-refractivity contribution in [2.24, 2.45) is 5.73 Å². The number of rotatable bonds is 7. The summed E-state index contributed by atoms with van der Waals surface area (Å²) in [4.78, 5) is 35.8. The molecule has 0 bridgehead atoms. The predicted octanol–water partition coefficient (Wildman–Crippen LogP) is 1.53. The molecule has 2 aromatic rings. The Morgan fingerprint density at radius 1 is 1.28 bits per heavy atom. The fraction of sp³-hybridized carbons (Fsp3) is 0.235. The van der Waals surface area contributed by atoms with E-state index >= 15 is 0 Å². The largest absolute Gasteiger partial charge is 0.494 e. The number of amides is 3. The normalized spacial score (nSPS) is 11.4. The molecule has 1 unspecified atom stereocenters. The predicted molar refractivity (Wildman–Crippen MR) is 90.4 cm³/mol. The lowest BCUT2D eigenvalue weighted by atomic mass is 10.1. The first-order valence-electron chi connectivity index (χ1n) is 7.63. The molecule has 25 heavy (non-hydrogen) atoms. The van der Waals surface area contributed by atoms with E-state index in [9.17, 15) is 14.4 Å². The van der Waals surface area contributed by atoms with E-state index in [2.05, 4.69) is 10.6 Å². The zero-order valence-corrected chi connectivity index (χ0v) is 13.9. The number of hydrogen-bond donors (Lipinski definition) is 3. The third kappa shape index (κ3) is 4.60. The number of benzene rings is 1. The molecule has 0 saturated carbocycles. The molecule has 8 heteroatoms. The number of nitrogens with two attached hydrogens (primary N) is 1. The number of carbonyl (C=O) groups is 3.